The van der Waals surface area contributed by atoms with Gasteiger partial charge in [-0.15, -0.1) is 0 Å². The first-order valence-electron chi connectivity index (χ1n) is 9.82. The predicted molar refractivity (Wildman–Crippen MR) is 120 cm³/mol. The summed E-state index contributed by atoms with van der Waals surface area (Å²) in [5.74, 6) is -0.620. The molecule has 3 heterocycles. The van der Waals surface area contributed by atoms with Gasteiger partial charge in [0.1, 0.15) is 11.6 Å². The number of aromatic nitrogens is 2. The smallest absolute Gasteiger partial charge is 0.322 e. The molecule has 1 aliphatic heterocycles. The number of urea groups is 1. The number of carbonyl (C=O) groups is 1. The Kier molecular flexibility index (Phi) is 4.97. The summed E-state index contributed by atoms with van der Waals surface area (Å²) in [6.07, 6.45) is 2.01. The van der Waals surface area contributed by atoms with Crippen molar-refractivity contribution in [2.45, 2.75) is 0 Å². The van der Waals surface area contributed by atoms with E-state index in [1.54, 1.807) is 4.90 Å². The summed E-state index contributed by atoms with van der Waals surface area (Å²) in [6.45, 7) is 2.10. The number of rotatable bonds is 2. The molecule has 1 aliphatic rings. The zero-order valence-corrected chi connectivity index (χ0v) is 17.9. The van der Waals surface area contributed by atoms with Crippen molar-refractivity contribution in [3.05, 3.63) is 70.8 Å². The summed E-state index contributed by atoms with van der Waals surface area (Å²) >= 11 is 3.51. The van der Waals surface area contributed by atoms with Crippen LogP contribution in [-0.4, -0.2) is 46.5 Å². The summed E-state index contributed by atoms with van der Waals surface area (Å²) < 4.78 is 30.0. The third-order valence-corrected chi connectivity index (χ3v) is 5.93. The molecular formula is C22H18BrF2N5O. The van der Waals surface area contributed by atoms with Crippen LogP contribution >= 0.6 is 15.9 Å². The number of anilines is 2. The molecule has 158 valence electrons. The van der Waals surface area contributed by atoms with Crippen molar-refractivity contribution in [2.75, 3.05) is 36.4 Å². The van der Waals surface area contributed by atoms with Crippen molar-refractivity contribution in [1.29, 1.82) is 0 Å². The van der Waals surface area contributed by atoms with Crippen molar-refractivity contribution in [1.82, 2.24) is 14.3 Å². The van der Waals surface area contributed by atoms with Crippen LogP contribution in [0.3, 0.4) is 0 Å². The van der Waals surface area contributed by atoms with Gasteiger partial charge in [-0.3, -0.25) is 0 Å². The molecule has 0 atom stereocenters. The third-order valence-electron chi connectivity index (χ3n) is 5.44. The monoisotopic (exact) mass is 485 g/mol. The van der Waals surface area contributed by atoms with Crippen LogP contribution in [-0.2, 0) is 0 Å². The van der Waals surface area contributed by atoms with Gasteiger partial charge in [0.05, 0.1) is 22.2 Å². The molecule has 1 N–H and O–H groups in total. The lowest BCUT2D eigenvalue weighted by molar-refractivity contribution is 0.208. The lowest BCUT2D eigenvalue weighted by Crippen LogP contribution is -2.50. The molecule has 0 bridgehead atoms. The summed E-state index contributed by atoms with van der Waals surface area (Å²) in [4.78, 5) is 21.2. The number of carbonyl (C=O) groups excluding carboxylic acids is 1. The summed E-state index contributed by atoms with van der Waals surface area (Å²) in [6, 6.07) is 12.7. The van der Waals surface area contributed by atoms with Gasteiger partial charge in [-0.05, 0) is 42.5 Å². The molecule has 0 saturated carbocycles. The molecule has 0 unspecified atom stereocenters. The van der Waals surface area contributed by atoms with Crippen LogP contribution < -0.4 is 10.2 Å². The first-order chi connectivity index (χ1) is 15.0. The number of nitrogens with one attached hydrogen (secondary N) is 1. The largest absolute Gasteiger partial charge is 0.351 e. The molecule has 0 radical (unpaired) electrons. The van der Waals surface area contributed by atoms with Crippen LogP contribution in [0.5, 0.6) is 0 Å². The fraction of sp³-hybridized carbons (Fsp3) is 0.182. The maximum atomic E-state index is 13.8. The molecule has 5 rings (SSSR count). The molecule has 0 spiro atoms. The number of fused-ring (bicyclic) bond motifs is 3. The normalized spacial score (nSPS) is 14.4. The predicted octanol–water partition coefficient (Wildman–Crippen LogP) is 4.88. The van der Waals surface area contributed by atoms with Crippen molar-refractivity contribution in [3.8, 4) is 0 Å². The molecule has 1 saturated heterocycles. The van der Waals surface area contributed by atoms with Crippen molar-refractivity contribution >= 4 is 50.0 Å². The van der Waals surface area contributed by atoms with E-state index in [0.717, 1.165) is 39.0 Å². The van der Waals surface area contributed by atoms with E-state index in [2.05, 4.69) is 30.5 Å². The van der Waals surface area contributed by atoms with Crippen molar-refractivity contribution in [2.24, 2.45) is 0 Å². The Bertz CT molecular complexity index is 1300. The van der Waals surface area contributed by atoms with Crippen LogP contribution in [0.4, 0.5) is 25.1 Å². The number of amides is 2. The lowest BCUT2D eigenvalue weighted by Gasteiger charge is -2.35. The van der Waals surface area contributed by atoms with Gasteiger partial charge in [0.2, 0.25) is 0 Å². The van der Waals surface area contributed by atoms with Crippen LogP contribution in [0, 0.1) is 11.6 Å². The highest BCUT2D eigenvalue weighted by molar-refractivity contribution is 9.10. The van der Waals surface area contributed by atoms with Crippen LogP contribution in [0.25, 0.3) is 16.6 Å². The van der Waals surface area contributed by atoms with E-state index in [1.807, 2.05) is 36.5 Å². The van der Waals surface area contributed by atoms with Crippen LogP contribution in [0.2, 0.25) is 0 Å². The summed E-state index contributed by atoms with van der Waals surface area (Å²) in [7, 11) is 0. The second kappa shape index (κ2) is 7.81. The zero-order chi connectivity index (χ0) is 21.5. The quantitative estimate of drug-likeness (QED) is 0.440. The van der Waals surface area contributed by atoms with E-state index in [4.69, 9.17) is 4.98 Å². The Morgan fingerprint density at radius 3 is 2.58 bits per heavy atom. The Morgan fingerprint density at radius 2 is 1.81 bits per heavy atom. The highest BCUT2D eigenvalue weighted by atomic mass is 79.9. The fourth-order valence-corrected chi connectivity index (χ4v) is 4.22. The van der Waals surface area contributed by atoms with Gasteiger partial charge in [-0.25, -0.2) is 18.6 Å². The van der Waals surface area contributed by atoms with Crippen molar-refractivity contribution < 1.29 is 13.6 Å². The highest BCUT2D eigenvalue weighted by Crippen LogP contribution is 2.28. The van der Waals surface area contributed by atoms with Crippen LogP contribution in [0.1, 0.15) is 0 Å². The second-order valence-corrected chi connectivity index (χ2v) is 8.28. The van der Waals surface area contributed by atoms with Gasteiger partial charge in [0, 0.05) is 42.9 Å². The van der Waals surface area contributed by atoms with E-state index in [-0.39, 0.29) is 5.69 Å². The molecule has 2 amide bonds. The van der Waals surface area contributed by atoms with Gasteiger partial charge in [-0.2, -0.15) is 0 Å². The van der Waals surface area contributed by atoms with Gasteiger partial charge in [-0.1, -0.05) is 15.9 Å². The van der Waals surface area contributed by atoms with E-state index in [9.17, 15) is 13.6 Å². The van der Waals surface area contributed by atoms with Gasteiger partial charge in [0.25, 0.3) is 0 Å². The number of hydrogen-bond donors (Lipinski definition) is 1. The van der Waals surface area contributed by atoms with Crippen molar-refractivity contribution in [3.63, 3.8) is 0 Å². The maximum Gasteiger partial charge on any atom is 0.322 e. The minimum atomic E-state index is -0.797. The number of halogens is 3. The van der Waals surface area contributed by atoms with Gasteiger partial charge >= 0.3 is 6.03 Å². The Morgan fingerprint density at radius 1 is 1.00 bits per heavy atom. The summed E-state index contributed by atoms with van der Waals surface area (Å²) in [5, 5.41) is 2.52. The molecular weight excluding hydrogens is 468 g/mol. The summed E-state index contributed by atoms with van der Waals surface area (Å²) in [5.41, 5.74) is 2.86. The van der Waals surface area contributed by atoms with E-state index < -0.39 is 17.7 Å². The molecule has 2 aromatic carbocycles. The molecule has 1 fully saturated rings. The minimum Gasteiger partial charge on any atom is -0.351 e. The Labute approximate surface area is 185 Å². The van der Waals surface area contributed by atoms with Gasteiger partial charge in [0.15, 0.2) is 5.82 Å². The second-order valence-electron chi connectivity index (χ2n) is 7.36. The number of piperazine rings is 1. The molecule has 4 aromatic rings. The lowest BCUT2D eigenvalue weighted by atomic mass is 10.2. The zero-order valence-electron chi connectivity index (χ0n) is 16.4. The first-order valence-corrected chi connectivity index (χ1v) is 10.6. The van der Waals surface area contributed by atoms with E-state index in [0.29, 0.717) is 26.2 Å². The number of hydrogen-bond acceptors (Lipinski definition) is 3. The Hall–Kier alpha value is -3.20. The highest BCUT2D eigenvalue weighted by Gasteiger charge is 2.24. The Balaban J connectivity index is 1.35. The molecule has 2 aromatic heterocycles. The molecule has 31 heavy (non-hydrogen) atoms. The minimum absolute atomic E-state index is 0.0366. The topological polar surface area (TPSA) is 52.9 Å². The average molecular weight is 486 g/mol. The van der Waals surface area contributed by atoms with Gasteiger partial charge < -0.3 is 19.5 Å². The third kappa shape index (κ3) is 3.69. The maximum absolute atomic E-state index is 13.8. The molecule has 6 nitrogen and oxygen atoms in total. The first kappa shape index (κ1) is 19.7. The average Bonchev–Trinajstić information content (AvgIpc) is 3.25. The molecule has 0 aliphatic carbocycles. The fourth-order valence-electron chi connectivity index (χ4n) is 3.87. The SMILES string of the molecule is O=C(Nc1ccc(F)cc1F)N1CCN(c2nc3cc(Br)ccc3n3cccc23)CC1. The van der Waals surface area contributed by atoms with Crippen LogP contribution in [0.15, 0.2) is 59.2 Å². The van der Waals surface area contributed by atoms with E-state index >= 15 is 0 Å². The standard InChI is InChI=1S/C22H18BrF2N5O/c23-14-3-6-19-18(12-14)26-21(20-2-1-7-30(19)20)28-8-10-29(11-9-28)22(31)27-17-5-4-15(24)13-16(17)25/h1-7,12-13H,8-11H2,(H,27,31). The number of benzene rings is 2. The number of nitrogens with zero attached hydrogens (tertiary/aromatic N) is 4. The molecule has 9 heteroatoms. The van der Waals surface area contributed by atoms with E-state index in [1.165, 1.54) is 6.07 Å².